The maximum absolute atomic E-state index is 14.7. The second-order valence-corrected chi connectivity index (χ2v) is 9.49. The van der Waals surface area contributed by atoms with E-state index in [0.29, 0.717) is 25.2 Å². The molecule has 0 aromatic rings. The monoisotopic (exact) mass is 472 g/mol. The molecule has 2 fully saturated rings. The Bertz CT molecular complexity index is 783. The van der Waals surface area contributed by atoms with Crippen molar-refractivity contribution >= 4 is 17.8 Å². The maximum atomic E-state index is 14.7. The van der Waals surface area contributed by atoms with Crippen LogP contribution in [0, 0.1) is 5.92 Å². The number of halogens is 3. The van der Waals surface area contributed by atoms with E-state index in [9.17, 15) is 27.6 Å². The van der Waals surface area contributed by atoms with Crippen LogP contribution in [0.5, 0.6) is 0 Å². The van der Waals surface area contributed by atoms with Gasteiger partial charge in [-0.1, -0.05) is 51.4 Å². The number of alkyl halides is 3. The number of allylic oxidation sites excluding steroid dienone is 1. The van der Waals surface area contributed by atoms with Gasteiger partial charge in [0.05, 0.1) is 6.61 Å². The van der Waals surface area contributed by atoms with E-state index in [1.165, 1.54) is 13.8 Å². The van der Waals surface area contributed by atoms with Gasteiger partial charge in [-0.25, -0.2) is 4.79 Å². The number of carbonyl (C=O) groups excluding carboxylic acids is 3. The van der Waals surface area contributed by atoms with Gasteiger partial charge in [0.1, 0.15) is 5.57 Å². The predicted octanol–water partition coefficient (Wildman–Crippen LogP) is 4.78. The first-order valence-electron chi connectivity index (χ1n) is 12.2. The number of nitrogens with zero attached hydrogens (tertiary/aromatic N) is 1. The van der Waals surface area contributed by atoms with Gasteiger partial charge < -0.3 is 15.0 Å². The summed E-state index contributed by atoms with van der Waals surface area (Å²) in [7, 11) is 0. The normalized spacial score (nSPS) is 25.5. The van der Waals surface area contributed by atoms with Crippen LogP contribution in [0.1, 0.15) is 90.9 Å². The number of hydrogen-bond acceptors (Lipinski definition) is 4. The van der Waals surface area contributed by atoms with Gasteiger partial charge in [0.25, 0.3) is 5.91 Å². The molecule has 3 rings (SSSR count). The van der Waals surface area contributed by atoms with Crippen LogP contribution in [0.15, 0.2) is 11.3 Å². The molecule has 1 aliphatic heterocycles. The number of hydrogen-bond donors (Lipinski definition) is 1. The Balaban J connectivity index is 1.94. The first-order valence-corrected chi connectivity index (χ1v) is 12.2. The molecule has 1 heterocycles. The predicted molar refractivity (Wildman–Crippen MR) is 116 cm³/mol. The average molecular weight is 473 g/mol. The molecule has 0 saturated heterocycles. The molecule has 0 spiro atoms. The Morgan fingerprint density at radius 1 is 1.06 bits per heavy atom. The molecule has 1 atom stereocenters. The molecule has 9 heteroatoms. The number of ether oxygens (including phenoxy) is 1. The van der Waals surface area contributed by atoms with E-state index in [-0.39, 0.29) is 18.7 Å². The van der Waals surface area contributed by atoms with E-state index in [1.807, 2.05) is 5.32 Å². The van der Waals surface area contributed by atoms with Gasteiger partial charge in [-0.15, -0.1) is 0 Å². The molecule has 1 unspecified atom stereocenters. The van der Waals surface area contributed by atoms with Gasteiger partial charge in [0.2, 0.25) is 11.4 Å². The van der Waals surface area contributed by atoms with Crippen LogP contribution in [0.25, 0.3) is 0 Å². The van der Waals surface area contributed by atoms with Crippen LogP contribution in [0.4, 0.5) is 13.2 Å². The van der Waals surface area contributed by atoms with Crippen molar-refractivity contribution < 1.29 is 32.3 Å². The minimum atomic E-state index is -5.20. The van der Waals surface area contributed by atoms with E-state index in [0.717, 1.165) is 56.3 Å². The number of amides is 2. The van der Waals surface area contributed by atoms with Crippen molar-refractivity contribution in [2.75, 3.05) is 6.61 Å². The molecule has 2 saturated carbocycles. The van der Waals surface area contributed by atoms with Gasteiger partial charge in [-0.05, 0) is 39.0 Å². The minimum Gasteiger partial charge on any atom is -0.462 e. The summed E-state index contributed by atoms with van der Waals surface area (Å²) in [5, 5.41) is 2.00. The third-order valence-corrected chi connectivity index (χ3v) is 7.31. The lowest BCUT2D eigenvalue weighted by molar-refractivity contribution is -0.197. The number of rotatable bonds is 7. The molecule has 0 bridgehead atoms. The van der Waals surface area contributed by atoms with Crippen molar-refractivity contribution in [3.05, 3.63) is 11.3 Å². The van der Waals surface area contributed by atoms with Crippen molar-refractivity contribution in [3.63, 3.8) is 0 Å². The first-order chi connectivity index (χ1) is 15.6. The zero-order valence-electron chi connectivity index (χ0n) is 19.6. The molecular formula is C24H35F3N2O4. The Morgan fingerprint density at radius 2 is 1.64 bits per heavy atom. The van der Waals surface area contributed by atoms with E-state index < -0.39 is 41.1 Å². The van der Waals surface area contributed by atoms with Crippen LogP contribution in [0.2, 0.25) is 0 Å². The molecule has 186 valence electrons. The highest BCUT2D eigenvalue weighted by Crippen LogP contribution is 2.47. The maximum Gasteiger partial charge on any atom is 0.425 e. The summed E-state index contributed by atoms with van der Waals surface area (Å²) in [5.74, 6) is -3.09. The highest BCUT2D eigenvalue weighted by Gasteiger charge is 2.71. The Morgan fingerprint density at radius 3 is 2.18 bits per heavy atom. The summed E-state index contributed by atoms with van der Waals surface area (Å²) < 4.78 is 49.0. The Labute approximate surface area is 193 Å². The molecule has 6 nitrogen and oxygen atoms in total. The Kier molecular flexibility index (Phi) is 8.11. The third-order valence-electron chi connectivity index (χ3n) is 7.31. The van der Waals surface area contributed by atoms with Gasteiger partial charge in [0.15, 0.2) is 0 Å². The smallest absolute Gasteiger partial charge is 0.425 e. The Hall–Kier alpha value is -2.06. The highest BCUT2D eigenvalue weighted by molar-refractivity contribution is 6.10. The summed E-state index contributed by atoms with van der Waals surface area (Å²) in [4.78, 5) is 40.2. The van der Waals surface area contributed by atoms with E-state index in [2.05, 4.69) is 0 Å². The summed E-state index contributed by atoms with van der Waals surface area (Å²) in [6.07, 6.45) is 3.98. The highest BCUT2D eigenvalue weighted by atomic mass is 19.4. The lowest BCUT2D eigenvalue weighted by atomic mass is 9.85. The molecule has 0 aromatic heterocycles. The lowest BCUT2D eigenvalue weighted by Gasteiger charge is -2.36. The zero-order chi connectivity index (χ0) is 24.2. The van der Waals surface area contributed by atoms with E-state index in [4.69, 9.17) is 4.74 Å². The third kappa shape index (κ3) is 5.06. The molecule has 33 heavy (non-hydrogen) atoms. The van der Waals surface area contributed by atoms with Crippen molar-refractivity contribution in [3.8, 4) is 0 Å². The topological polar surface area (TPSA) is 75.7 Å². The SMILES string of the molecule is CCOC(=O)C1=C(C)N(C2CCCCC2)C(=O)C1(NC(=O)CCC1CCCCC1)C(F)(F)F. The zero-order valence-corrected chi connectivity index (χ0v) is 19.6. The van der Waals surface area contributed by atoms with Crippen LogP contribution in [0.3, 0.4) is 0 Å². The molecule has 1 N–H and O–H groups in total. The fourth-order valence-corrected chi connectivity index (χ4v) is 5.65. The van der Waals surface area contributed by atoms with Crippen LogP contribution < -0.4 is 5.32 Å². The van der Waals surface area contributed by atoms with Gasteiger partial charge in [-0.2, -0.15) is 13.2 Å². The van der Waals surface area contributed by atoms with Crippen molar-refractivity contribution in [2.24, 2.45) is 5.92 Å². The van der Waals surface area contributed by atoms with Crippen LogP contribution in [-0.2, 0) is 19.1 Å². The van der Waals surface area contributed by atoms with Crippen molar-refractivity contribution in [1.29, 1.82) is 0 Å². The first kappa shape index (κ1) is 25.6. The molecule has 3 aliphatic rings. The molecule has 0 aromatic carbocycles. The van der Waals surface area contributed by atoms with Gasteiger partial charge in [0, 0.05) is 18.2 Å². The van der Waals surface area contributed by atoms with Gasteiger partial charge in [-0.3, -0.25) is 9.59 Å². The molecule has 2 amide bonds. The number of nitrogens with one attached hydrogen (secondary N) is 1. The van der Waals surface area contributed by atoms with Crippen LogP contribution in [-0.4, -0.2) is 47.0 Å². The summed E-state index contributed by atoms with van der Waals surface area (Å²) in [6, 6.07) is -0.431. The second-order valence-electron chi connectivity index (χ2n) is 9.49. The number of esters is 1. The lowest BCUT2D eigenvalue weighted by Crippen LogP contribution is -2.66. The fourth-order valence-electron chi connectivity index (χ4n) is 5.65. The number of carbonyl (C=O) groups is 3. The quantitative estimate of drug-likeness (QED) is 0.542. The molecule has 0 radical (unpaired) electrons. The van der Waals surface area contributed by atoms with E-state index in [1.54, 1.807) is 0 Å². The largest absolute Gasteiger partial charge is 0.462 e. The summed E-state index contributed by atoms with van der Waals surface area (Å²) in [5.41, 5.74) is -4.29. The van der Waals surface area contributed by atoms with Crippen molar-refractivity contribution in [2.45, 2.75) is 109 Å². The van der Waals surface area contributed by atoms with Gasteiger partial charge >= 0.3 is 12.1 Å². The van der Waals surface area contributed by atoms with E-state index >= 15 is 0 Å². The minimum absolute atomic E-state index is 0.0738. The standard InChI is InChI=1S/C24H35F3N2O4/c1-3-33-21(31)20-16(2)29(18-12-8-5-9-13-18)22(32)23(20,24(25,26)27)28-19(30)15-14-17-10-6-4-7-11-17/h17-18H,3-15H2,1-2H3,(H,28,30). The van der Waals surface area contributed by atoms with Crippen LogP contribution >= 0.6 is 0 Å². The molecular weight excluding hydrogens is 437 g/mol. The summed E-state index contributed by atoms with van der Waals surface area (Å²) in [6.45, 7) is 2.69. The average Bonchev–Trinajstić information content (AvgIpc) is 3.00. The fraction of sp³-hybridized carbons (Fsp3) is 0.792. The summed E-state index contributed by atoms with van der Waals surface area (Å²) >= 11 is 0. The second kappa shape index (κ2) is 10.5. The van der Waals surface area contributed by atoms with Crippen molar-refractivity contribution in [1.82, 2.24) is 10.2 Å². The molecule has 2 aliphatic carbocycles.